The zero-order valence-electron chi connectivity index (χ0n) is 18.5. The second-order valence-corrected chi connectivity index (χ2v) is 8.89. The smallest absolute Gasteiger partial charge is 0.195 e. The van der Waals surface area contributed by atoms with Crippen molar-refractivity contribution in [3.05, 3.63) is 82.2 Å². The van der Waals surface area contributed by atoms with Crippen molar-refractivity contribution in [3.63, 3.8) is 0 Å². The molecule has 1 saturated carbocycles. The minimum absolute atomic E-state index is 0.0921. The molecule has 172 valence electrons. The number of benzene rings is 3. The van der Waals surface area contributed by atoms with Crippen LogP contribution in [-0.2, 0) is 0 Å². The van der Waals surface area contributed by atoms with E-state index in [1.807, 2.05) is 0 Å². The number of rotatable bonds is 4. The number of unbranched alkanes of at least 4 members (excludes halogenated alkanes) is 1. The lowest BCUT2D eigenvalue weighted by atomic mass is 9.77. The van der Waals surface area contributed by atoms with Gasteiger partial charge in [0.2, 0.25) is 0 Å². The zero-order valence-corrected chi connectivity index (χ0v) is 18.5. The van der Waals surface area contributed by atoms with Gasteiger partial charge in [-0.05, 0) is 78.8 Å². The highest BCUT2D eigenvalue weighted by Crippen LogP contribution is 2.38. The van der Waals surface area contributed by atoms with E-state index < -0.39 is 29.1 Å². The summed E-state index contributed by atoms with van der Waals surface area (Å²) in [7, 11) is 0. The van der Waals surface area contributed by atoms with Gasteiger partial charge in [-0.3, -0.25) is 0 Å². The highest BCUT2D eigenvalue weighted by molar-refractivity contribution is 5.84. The van der Waals surface area contributed by atoms with Gasteiger partial charge in [0.25, 0.3) is 0 Å². The summed E-state index contributed by atoms with van der Waals surface area (Å²) in [6.07, 6.45) is 7.68. The normalized spacial score (nSPS) is 18.2. The van der Waals surface area contributed by atoms with Crippen LogP contribution in [0.4, 0.5) is 22.0 Å². The Kier molecular flexibility index (Phi) is 7.02. The summed E-state index contributed by atoms with van der Waals surface area (Å²) in [4.78, 5) is 0. The summed E-state index contributed by atoms with van der Waals surface area (Å²) < 4.78 is 70.2. The number of hydrogen-bond acceptors (Lipinski definition) is 0. The molecule has 3 aromatic rings. The van der Waals surface area contributed by atoms with E-state index in [9.17, 15) is 22.0 Å². The van der Waals surface area contributed by atoms with Crippen LogP contribution in [0.2, 0.25) is 0 Å². The molecule has 0 aliphatic heterocycles. The predicted octanol–water partition coefficient (Wildman–Crippen LogP) is 8.40. The molecule has 0 amide bonds. The fraction of sp³-hybridized carbons (Fsp3) is 0.357. The molecule has 0 bridgehead atoms. The first-order chi connectivity index (χ1) is 15.9. The van der Waals surface area contributed by atoms with Crippen LogP contribution in [0, 0.1) is 46.8 Å². The van der Waals surface area contributed by atoms with Crippen LogP contribution >= 0.6 is 0 Å². The molecule has 0 saturated heterocycles. The molecule has 0 heterocycles. The topological polar surface area (TPSA) is 0 Å². The SMILES string of the molecule is CCCCC1CCC(c2cc(F)c(C#Cc3ccc4c(F)c(F)c(F)cc4c3)c(F)c2)CC1. The van der Waals surface area contributed by atoms with Crippen molar-refractivity contribution < 1.29 is 22.0 Å². The van der Waals surface area contributed by atoms with Crippen molar-refractivity contribution in [1.82, 2.24) is 0 Å². The number of fused-ring (bicyclic) bond motifs is 1. The van der Waals surface area contributed by atoms with E-state index in [-0.39, 0.29) is 22.3 Å². The Hall–Kier alpha value is -2.87. The first-order valence-corrected chi connectivity index (χ1v) is 11.5. The average molecular weight is 456 g/mol. The van der Waals surface area contributed by atoms with E-state index in [1.54, 1.807) is 0 Å². The van der Waals surface area contributed by atoms with E-state index in [1.165, 1.54) is 49.6 Å². The summed E-state index contributed by atoms with van der Waals surface area (Å²) in [6.45, 7) is 2.18. The predicted molar refractivity (Wildman–Crippen MR) is 120 cm³/mol. The molecule has 1 aliphatic rings. The van der Waals surface area contributed by atoms with Gasteiger partial charge in [-0.2, -0.15) is 0 Å². The van der Waals surface area contributed by atoms with Gasteiger partial charge in [0.05, 0.1) is 5.56 Å². The van der Waals surface area contributed by atoms with E-state index in [0.29, 0.717) is 17.0 Å². The van der Waals surface area contributed by atoms with E-state index >= 15 is 0 Å². The maximum Gasteiger partial charge on any atom is 0.195 e. The largest absolute Gasteiger partial charge is 0.206 e. The average Bonchev–Trinajstić information content (AvgIpc) is 2.81. The van der Waals surface area contributed by atoms with Crippen LogP contribution in [0.3, 0.4) is 0 Å². The highest BCUT2D eigenvalue weighted by Gasteiger charge is 2.24. The summed E-state index contributed by atoms with van der Waals surface area (Å²) in [5.74, 6) is 0.443. The molecule has 0 unspecified atom stereocenters. The second kappa shape index (κ2) is 9.95. The summed E-state index contributed by atoms with van der Waals surface area (Å²) >= 11 is 0. The van der Waals surface area contributed by atoms with Gasteiger partial charge in [-0.1, -0.05) is 44.1 Å². The standard InChI is InChI=1S/C28H25F5/c1-2-3-4-17-5-9-19(10-6-17)20-14-24(29)23(25(30)15-20)12-8-18-7-11-22-21(13-18)16-26(31)28(33)27(22)32/h7,11,13-17,19H,2-6,9-10H2,1H3. The molecule has 1 fully saturated rings. The summed E-state index contributed by atoms with van der Waals surface area (Å²) in [6, 6.07) is 7.64. The van der Waals surface area contributed by atoms with Crippen LogP contribution in [0.5, 0.6) is 0 Å². The Labute approximate surface area is 190 Å². The van der Waals surface area contributed by atoms with Crippen molar-refractivity contribution in [2.45, 2.75) is 57.8 Å². The third-order valence-corrected chi connectivity index (χ3v) is 6.65. The monoisotopic (exact) mass is 456 g/mol. The molecule has 0 aromatic heterocycles. The van der Waals surface area contributed by atoms with Crippen molar-refractivity contribution in [1.29, 1.82) is 0 Å². The first-order valence-electron chi connectivity index (χ1n) is 11.5. The number of hydrogen-bond donors (Lipinski definition) is 0. The van der Waals surface area contributed by atoms with E-state index in [4.69, 9.17) is 0 Å². The quantitative estimate of drug-likeness (QED) is 0.210. The molecule has 1 aliphatic carbocycles. The van der Waals surface area contributed by atoms with Crippen molar-refractivity contribution in [3.8, 4) is 11.8 Å². The van der Waals surface area contributed by atoms with Crippen LogP contribution in [0.25, 0.3) is 10.8 Å². The first kappa shape index (κ1) is 23.3. The zero-order chi connectivity index (χ0) is 23.5. The maximum absolute atomic E-state index is 14.7. The molecule has 5 heteroatoms. The minimum atomic E-state index is -1.54. The Balaban J connectivity index is 1.54. The van der Waals surface area contributed by atoms with Gasteiger partial charge in [0, 0.05) is 10.9 Å². The molecule has 0 radical (unpaired) electrons. The number of halogens is 5. The molecule has 0 N–H and O–H groups in total. The van der Waals surface area contributed by atoms with Gasteiger partial charge < -0.3 is 0 Å². The second-order valence-electron chi connectivity index (χ2n) is 8.89. The fourth-order valence-electron chi connectivity index (χ4n) is 4.74. The summed E-state index contributed by atoms with van der Waals surface area (Å²) in [5, 5.41) is 0.0228. The van der Waals surface area contributed by atoms with Gasteiger partial charge in [-0.15, -0.1) is 0 Å². The molecule has 0 nitrogen and oxygen atoms in total. The summed E-state index contributed by atoms with van der Waals surface area (Å²) in [5.41, 5.74) is 0.635. The van der Waals surface area contributed by atoms with Crippen molar-refractivity contribution in [2.24, 2.45) is 5.92 Å². The maximum atomic E-state index is 14.7. The molecule has 33 heavy (non-hydrogen) atoms. The van der Waals surface area contributed by atoms with Gasteiger partial charge in [0.1, 0.15) is 11.6 Å². The molecule has 4 rings (SSSR count). The fourth-order valence-corrected chi connectivity index (χ4v) is 4.74. The van der Waals surface area contributed by atoms with Crippen molar-refractivity contribution >= 4 is 10.8 Å². The van der Waals surface area contributed by atoms with Crippen LogP contribution in [-0.4, -0.2) is 0 Å². The minimum Gasteiger partial charge on any atom is -0.206 e. The Morgan fingerprint density at radius 3 is 2.15 bits per heavy atom. The van der Waals surface area contributed by atoms with Crippen molar-refractivity contribution in [2.75, 3.05) is 0 Å². The Morgan fingerprint density at radius 2 is 1.48 bits per heavy atom. The van der Waals surface area contributed by atoms with Crippen LogP contribution in [0.15, 0.2) is 36.4 Å². The third-order valence-electron chi connectivity index (χ3n) is 6.65. The van der Waals surface area contributed by atoms with Gasteiger partial charge >= 0.3 is 0 Å². The van der Waals surface area contributed by atoms with Crippen LogP contribution < -0.4 is 0 Å². The van der Waals surface area contributed by atoms with Crippen LogP contribution in [0.1, 0.15) is 74.5 Å². The molecule has 0 spiro atoms. The Bertz CT molecular complexity index is 1200. The lowest BCUT2D eigenvalue weighted by Gasteiger charge is -2.29. The highest BCUT2D eigenvalue weighted by atomic mass is 19.2. The third kappa shape index (κ3) is 5.05. The van der Waals surface area contributed by atoms with Gasteiger partial charge in [0.15, 0.2) is 17.5 Å². The van der Waals surface area contributed by atoms with Gasteiger partial charge in [-0.25, -0.2) is 22.0 Å². The van der Waals surface area contributed by atoms with E-state index in [0.717, 1.165) is 31.7 Å². The van der Waals surface area contributed by atoms with E-state index in [2.05, 4.69) is 18.8 Å². The molecular formula is C28H25F5. The molecule has 3 aromatic carbocycles. The lowest BCUT2D eigenvalue weighted by molar-refractivity contribution is 0.303. The Morgan fingerprint density at radius 1 is 0.788 bits per heavy atom. The molecule has 0 atom stereocenters. The molecular weight excluding hydrogens is 431 g/mol. The lowest BCUT2D eigenvalue weighted by Crippen LogP contribution is -2.14.